The summed E-state index contributed by atoms with van der Waals surface area (Å²) in [5.41, 5.74) is 18.1. The third-order valence-corrected chi connectivity index (χ3v) is 17.1. The van der Waals surface area contributed by atoms with Gasteiger partial charge in [0.05, 0.1) is 16.6 Å². The molecule has 4 heterocycles. The van der Waals surface area contributed by atoms with Gasteiger partial charge in [-0.15, -0.1) is 0 Å². The van der Waals surface area contributed by atoms with E-state index < -0.39 is 7.34 Å². The third kappa shape index (κ3) is 5.35. The van der Waals surface area contributed by atoms with E-state index in [9.17, 15) is 0 Å². The van der Waals surface area contributed by atoms with Crippen molar-refractivity contribution < 1.29 is 4.42 Å². The highest BCUT2D eigenvalue weighted by atomic mass is 31.1. The van der Waals surface area contributed by atoms with Gasteiger partial charge in [-0.3, -0.25) is 4.40 Å². The lowest BCUT2D eigenvalue weighted by Gasteiger charge is -2.26. The van der Waals surface area contributed by atoms with Gasteiger partial charge in [0.2, 0.25) is 15.4 Å². The Balaban J connectivity index is 1.40. The van der Waals surface area contributed by atoms with Gasteiger partial charge in [-0.2, -0.15) is 0 Å². The molecule has 1 aliphatic carbocycles. The zero-order valence-corrected chi connectivity index (χ0v) is 39.7. The van der Waals surface area contributed by atoms with Crippen LogP contribution in [-0.4, -0.2) is 13.5 Å². The van der Waals surface area contributed by atoms with Crippen LogP contribution in [0.15, 0.2) is 144 Å². The van der Waals surface area contributed by atoms with Gasteiger partial charge in [-0.25, -0.2) is 0 Å². The smallest absolute Gasteiger partial charge is 0.207 e. The maximum Gasteiger partial charge on any atom is 0.207 e. The fourth-order valence-corrected chi connectivity index (χ4v) is 14.3. The van der Waals surface area contributed by atoms with Crippen molar-refractivity contribution in [2.24, 2.45) is 0 Å². The molecule has 0 fully saturated rings. The molecule has 1 aliphatic rings. The molecule has 1 unspecified atom stereocenters. The molecule has 8 aromatic carbocycles. The molecule has 0 N–H and O–H groups in total. The first-order valence-electron chi connectivity index (χ1n) is 23.2. The Morgan fingerprint density at radius 1 is 0.492 bits per heavy atom. The zero-order chi connectivity index (χ0) is 44.5. The third-order valence-electron chi connectivity index (χ3n) is 14.5. The van der Waals surface area contributed by atoms with E-state index >= 15 is 0 Å². The molecule has 0 aliphatic heterocycles. The van der Waals surface area contributed by atoms with Crippen LogP contribution in [0.5, 0.6) is 0 Å². The van der Waals surface area contributed by atoms with Gasteiger partial charge in [0, 0.05) is 27.5 Å². The van der Waals surface area contributed by atoms with E-state index in [1.165, 1.54) is 97.8 Å². The molecule has 12 aromatic rings. The number of allylic oxidation sites excluding steroid dienone is 2. The van der Waals surface area contributed by atoms with Crippen molar-refractivity contribution in [3.05, 3.63) is 167 Å². The molecule has 4 aromatic heterocycles. The van der Waals surface area contributed by atoms with Gasteiger partial charge >= 0.3 is 0 Å². The van der Waals surface area contributed by atoms with E-state index in [1.807, 2.05) is 0 Å². The maximum absolute atomic E-state index is 7.45. The second kappa shape index (κ2) is 13.0. The molecule has 65 heavy (non-hydrogen) atoms. The second-order valence-electron chi connectivity index (χ2n) is 21.7. The average Bonchev–Trinajstić information content (AvgIpc) is 3.29. The summed E-state index contributed by atoms with van der Waals surface area (Å²) in [6, 6.07) is 49.0. The highest BCUT2D eigenvalue weighted by molar-refractivity contribution is 7.63. The fourth-order valence-electron chi connectivity index (χ4n) is 11.1. The predicted molar refractivity (Wildman–Crippen MR) is 280 cm³/mol. The Morgan fingerprint density at radius 2 is 1.06 bits per heavy atom. The second-order valence-corrected chi connectivity index (χ2v) is 23.7. The normalized spacial score (nSPS) is 14.2. The molecule has 318 valence electrons. The number of hydrogen-bond acceptors (Lipinski definition) is 1. The topological polar surface area (TPSA) is 27.4 Å². The molecule has 1 atom stereocenters. The molecule has 0 radical (unpaired) electrons. The van der Waals surface area contributed by atoms with Crippen molar-refractivity contribution in [1.82, 2.24) is 13.5 Å². The zero-order valence-electron chi connectivity index (χ0n) is 38.8. The van der Waals surface area contributed by atoms with Crippen LogP contribution < -0.4 is 5.22 Å². The summed E-state index contributed by atoms with van der Waals surface area (Å²) in [7, 11) is -1.12. The summed E-state index contributed by atoms with van der Waals surface area (Å²) in [6.45, 7) is 20.7. The van der Waals surface area contributed by atoms with Crippen LogP contribution >= 0.6 is 7.34 Å². The van der Waals surface area contributed by atoms with Gasteiger partial charge in [0.25, 0.3) is 0 Å². The van der Waals surface area contributed by atoms with E-state index in [-0.39, 0.29) is 16.2 Å². The Labute approximate surface area is 379 Å². The standard InChI is InChI=1S/C60H53N3OP/c1-58(2,3)37-22-27-40(28-23-37)61-47-32-35-16-10-12-18-42(35)50-55(47)65-56-48(61)33-36-17-11-13-19-43(36)51(56)63-46-31-26-39(60(7,8)9)34-49(46)64-54-45-21-15-14-20-44(45)52(57(65)53(54)63)62(50)41-29-24-38(25-30-41)59(4,5)6/h10-18,20-34H,19H2,1-9H3/q+1. The predicted octanol–water partition coefficient (Wildman–Crippen LogP) is 16.4. The molecule has 0 amide bonds. The number of benzene rings is 8. The average molecular weight is 863 g/mol. The van der Waals surface area contributed by atoms with Crippen molar-refractivity contribution >= 4 is 100 Å². The highest BCUT2D eigenvalue weighted by Gasteiger charge is 2.38. The van der Waals surface area contributed by atoms with Crippen LogP contribution in [0, 0.1) is 0 Å². The molecule has 13 rings (SSSR count). The Kier molecular flexibility index (Phi) is 7.77. The van der Waals surface area contributed by atoms with E-state index in [1.54, 1.807) is 0 Å². The SMILES string of the molecule is CC(C)(C)c1ccc(-n2c3cc4ccccc4c4c3[p+]3c5c2cc2c(c5n5c6ccc(C(C)(C)C)cc6oc6c7ccccc7c(c3c65)n4-c3ccc(C(C)(C)C)cc3)CC=CC=2)cc1. The Hall–Kier alpha value is -6.61. The van der Waals surface area contributed by atoms with E-state index in [0.717, 1.165) is 34.2 Å². The summed E-state index contributed by atoms with van der Waals surface area (Å²) in [5.74, 6) is 0. The molecule has 4 nitrogen and oxygen atoms in total. The van der Waals surface area contributed by atoms with Crippen molar-refractivity contribution in [1.29, 1.82) is 0 Å². The van der Waals surface area contributed by atoms with Gasteiger partial charge in [0.15, 0.2) is 18.5 Å². The minimum Gasteiger partial charge on any atom is -0.452 e. The number of aromatic nitrogens is 3. The summed E-state index contributed by atoms with van der Waals surface area (Å²) in [5, 5.41) is 10.3. The van der Waals surface area contributed by atoms with Crippen molar-refractivity contribution in [3.63, 3.8) is 0 Å². The number of rotatable bonds is 2. The molecular weight excluding hydrogens is 810 g/mol. The molecule has 0 bridgehead atoms. The summed E-state index contributed by atoms with van der Waals surface area (Å²) >= 11 is 0. The molecule has 0 saturated heterocycles. The molecule has 5 heteroatoms. The van der Waals surface area contributed by atoms with Crippen molar-refractivity contribution in [3.8, 4) is 11.4 Å². The summed E-state index contributed by atoms with van der Waals surface area (Å²) in [4.78, 5) is 0. The quantitative estimate of drug-likeness (QED) is 0.126. The number of fused-ring (bicyclic) bond motifs is 10. The van der Waals surface area contributed by atoms with E-state index in [2.05, 4.69) is 221 Å². The minimum atomic E-state index is -1.12. The fraction of sp³-hybridized carbons (Fsp3) is 0.217. The highest BCUT2D eigenvalue weighted by Crippen LogP contribution is 2.59. The number of hydrogen-bond donors (Lipinski definition) is 0. The van der Waals surface area contributed by atoms with Crippen LogP contribution in [0.2, 0.25) is 0 Å². The van der Waals surface area contributed by atoms with Crippen LogP contribution in [0.4, 0.5) is 0 Å². The lowest BCUT2D eigenvalue weighted by Crippen LogP contribution is -2.17. The van der Waals surface area contributed by atoms with Crippen LogP contribution in [-0.2, 0) is 22.7 Å². The van der Waals surface area contributed by atoms with Gasteiger partial charge < -0.3 is 13.6 Å². The largest absolute Gasteiger partial charge is 0.452 e. The minimum absolute atomic E-state index is 0.0187. The van der Waals surface area contributed by atoms with Crippen molar-refractivity contribution in [2.75, 3.05) is 0 Å². The summed E-state index contributed by atoms with van der Waals surface area (Å²) in [6.07, 6.45) is 7.78. The first-order chi connectivity index (χ1) is 31.2. The Bertz CT molecular complexity index is 4110. The number of nitrogens with zero attached hydrogens (tertiary/aromatic N) is 3. The van der Waals surface area contributed by atoms with Crippen molar-refractivity contribution in [2.45, 2.75) is 85.0 Å². The first-order valence-corrected chi connectivity index (χ1v) is 24.6. The Morgan fingerprint density at radius 3 is 1.74 bits per heavy atom. The molecule has 0 saturated carbocycles. The van der Waals surface area contributed by atoms with Gasteiger partial charge in [0.1, 0.15) is 22.1 Å². The molecular formula is C60H53N3OP+. The van der Waals surface area contributed by atoms with Gasteiger partial charge in [-0.1, -0.05) is 159 Å². The first kappa shape index (κ1) is 38.8. The summed E-state index contributed by atoms with van der Waals surface area (Å²) < 4.78 is 15.4. The van der Waals surface area contributed by atoms with Crippen LogP contribution in [0.1, 0.15) is 84.6 Å². The van der Waals surface area contributed by atoms with E-state index in [0.29, 0.717) is 0 Å². The lowest BCUT2D eigenvalue weighted by molar-refractivity contribution is 0.586. The molecule has 0 spiro atoms. The van der Waals surface area contributed by atoms with Crippen LogP contribution in [0.3, 0.4) is 0 Å². The van der Waals surface area contributed by atoms with Crippen LogP contribution in [0.25, 0.3) is 104 Å². The lowest BCUT2D eigenvalue weighted by atomic mass is 9.87. The van der Waals surface area contributed by atoms with E-state index in [4.69, 9.17) is 4.42 Å². The monoisotopic (exact) mass is 862 g/mol. The van der Waals surface area contributed by atoms with Gasteiger partial charge in [-0.05, 0) is 104 Å². The maximum atomic E-state index is 7.45.